The molecule has 0 bridgehead atoms. The van der Waals surface area contributed by atoms with E-state index in [0.29, 0.717) is 11.3 Å². The molecule has 0 saturated carbocycles. The third-order valence-corrected chi connectivity index (χ3v) is 3.76. The van der Waals surface area contributed by atoms with Crippen molar-refractivity contribution < 1.29 is 14.3 Å². The number of hydrogen-bond donors (Lipinski definition) is 0. The number of ether oxygens (including phenoxy) is 2. The molecule has 0 fully saturated rings. The van der Waals surface area contributed by atoms with Crippen LogP contribution in [-0.4, -0.2) is 26.4 Å². The molecule has 0 N–H and O–H groups in total. The summed E-state index contributed by atoms with van der Waals surface area (Å²) in [6, 6.07) is 7.81. The standard InChI is InChI=1S/C17H15BO3.C2H6/c1-10-11-6-4-5-7-12(11)15-13(14(10)16(19)20-3)8-9-17(2,18)21-15;1-2/h4-9H,1-3H3;1-2H3. The van der Waals surface area contributed by atoms with E-state index in [1.165, 1.54) is 7.11 Å². The molecule has 0 aliphatic carbocycles. The van der Waals surface area contributed by atoms with Crippen molar-refractivity contribution in [3.8, 4) is 5.75 Å². The summed E-state index contributed by atoms with van der Waals surface area (Å²) in [4.78, 5) is 12.2. The van der Waals surface area contributed by atoms with E-state index in [9.17, 15) is 4.79 Å². The lowest BCUT2D eigenvalue weighted by molar-refractivity contribution is 0.0599. The fraction of sp³-hybridized carbons (Fsp3) is 0.316. The summed E-state index contributed by atoms with van der Waals surface area (Å²) in [5.41, 5.74) is 1.24. The van der Waals surface area contributed by atoms with E-state index in [2.05, 4.69) is 0 Å². The molecule has 2 aromatic rings. The minimum absolute atomic E-state index is 0.372. The number of hydrogen-bond acceptors (Lipinski definition) is 3. The van der Waals surface area contributed by atoms with Crippen molar-refractivity contribution in [1.82, 2.24) is 0 Å². The first kappa shape index (κ1) is 17.1. The largest absolute Gasteiger partial charge is 0.492 e. The quantitative estimate of drug-likeness (QED) is 0.583. The zero-order valence-electron chi connectivity index (χ0n) is 14.3. The second-order valence-corrected chi connectivity index (χ2v) is 5.40. The average Bonchev–Trinajstić information content (AvgIpc) is 2.57. The molecule has 118 valence electrons. The van der Waals surface area contributed by atoms with Crippen LogP contribution in [-0.2, 0) is 4.74 Å². The second kappa shape index (κ2) is 6.49. The Balaban J connectivity index is 0.000000924. The molecule has 0 spiro atoms. The van der Waals surface area contributed by atoms with E-state index in [-0.39, 0.29) is 5.97 Å². The molecular weight excluding hydrogens is 287 g/mol. The van der Waals surface area contributed by atoms with Gasteiger partial charge in [0.25, 0.3) is 0 Å². The molecule has 2 radical (unpaired) electrons. The highest BCUT2D eigenvalue weighted by Gasteiger charge is 2.28. The predicted octanol–water partition coefficient (Wildman–Crippen LogP) is 4.25. The van der Waals surface area contributed by atoms with Crippen LogP contribution in [0.4, 0.5) is 0 Å². The molecule has 1 atom stereocenters. The Morgan fingerprint density at radius 2 is 1.83 bits per heavy atom. The normalized spacial score (nSPS) is 18.5. The molecule has 0 aromatic heterocycles. The maximum absolute atomic E-state index is 12.2. The summed E-state index contributed by atoms with van der Waals surface area (Å²) >= 11 is 0. The van der Waals surface area contributed by atoms with Crippen LogP contribution < -0.4 is 4.74 Å². The van der Waals surface area contributed by atoms with E-state index < -0.39 is 5.50 Å². The number of benzene rings is 2. The topological polar surface area (TPSA) is 35.5 Å². The van der Waals surface area contributed by atoms with Gasteiger partial charge in [0, 0.05) is 10.9 Å². The summed E-state index contributed by atoms with van der Waals surface area (Å²) in [5, 5.41) is 1.90. The van der Waals surface area contributed by atoms with Crippen LogP contribution in [0.1, 0.15) is 42.3 Å². The third kappa shape index (κ3) is 2.98. The van der Waals surface area contributed by atoms with Gasteiger partial charge < -0.3 is 9.47 Å². The summed E-state index contributed by atoms with van der Waals surface area (Å²) in [6.45, 7) is 7.69. The predicted molar refractivity (Wildman–Crippen MR) is 95.2 cm³/mol. The highest BCUT2D eigenvalue weighted by atomic mass is 16.5. The van der Waals surface area contributed by atoms with Gasteiger partial charge >= 0.3 is 5.97 Å². The SMILES string of the molecule is CC.[B]C1(C)C=Cc2c(C(=O)OC)c(C)c3ccccc3c2O1. The monoisotopic (exact) mass is 308 g/mol. The van der Waals surface area contributed by atoms with Crippen molar-refractivity contribution in [2.75, 3.05) is 7.11 Å². The van der Waals surface area contributed by atoms with Crippen LogP contribution in [0, 0.1) is 6.92 Å². The minimum atomic E-state index is -0.890. The second-order valence-electron chi connectivity index (χ2n) is 5.40. The number of rotatable bonds is 1. The zero-order valence-corrected chi connectivity index (χ0v) is 14.3. The summed E-state index contributed by atoms with van der Waals surface area (Å²) in [5.74, 6) is 0.257. The lowest BCUT2D eigenvalue weighted by Gasteiger charge is -2.31. The van der Waals surface area contributed by atoms with Gasteiger partial charge in [0.15, 0.2) is 0 Å². The van der Waals surface area contributed by atoms with Crippen molar-refractivity contribution in [2.45, 2.75) is 33.2 Å². The molecule has 1 unspecified atom stereocenters. The fourth-order valence-electron chi connectivity index (χ4n) is 2.74. The van der Waals surface area contributed by atoms with Crippen molar-refractivity contribution in [3.05, 3.63) is 47.0 Å². The van der Waals surface area contributed by atoms with Crippen molar-refractivity contribution in [2.24, 2.45) is 0 Å². The van der Waals surface area contributed by atoms with Gasteiger partial charge in [0.1, 0.15) is 13.6 Å². The molecule has 1 aliphatic heterocycles. The Kier molecular flexibility index (Phi) is 4.83. The van der Waals surface area contributed by atoms with Gasteiger partial charge in [0.2, 0.25) is 0 Å². The Morgan fingerprint density at radius 3 is 2.43 bits per heavy atom. The van der Waals surface area contributed by atoms with Gasteiger partial charge in [-0.3, -0.25) is 0 Å². The molecule has 2 aromatic carbocycles. The summed E-state index contributed by atoms with van der Waals surface area (Å²) in [7, 11) is 7.43. The van der Waals surface area contributed by atoms with E-state index in [1.54, 1.807) is 13.0 Å². The molecule has 1 heterocycles. The van der Waals surface area contributed by atoms with Gasteiger partial charge in [0.05, 0.1) is 18.2 Å². The summed E-state index contributed by atoms with van der Waals surface area (Å²) < 4.78 is 10.8. The molecule has 23 heavy (non-hydrogen) atoms. The van der Waals surface area contributed by atoms with E-state index >= 15 is 0 Å². The maximum atomic E-state index is 12.2. The van der Waals surface area contributed by atoms with Crippen molar-refractivity contribution in [1.29, 1.82) is 0 Å². The Bertz CT molecular complexity index is 776. The van der Waals surface area contributed by atoms with Crippen molar-refractivity contribution >= 4 is 30.7 Å². The number of carbonyl (C=O) groups excluding carboxylic acids is 1. The first-order valence-electron chi connectivity index (χ1n) is 7.75. The van der Waals surface area contributed by atoms with Crippen LogP contribution >= 0.6 is 0 Å². The minimum Gasteiger partial charge on any atom is -0.492 e. The number of fused-ring (bicyclic) bond motifs is 3. The lowest BCUT2D eigenvalue weighted by Crippen LogP contribution is -2.32. The Labute approximate surface area is 138 Å². The third-order valence-electron chi connectivity index (χ3n) is 3.76. The lowest BCUT2D eigenvalue weighted by atomic mass is 9.80. The molecule has 1 aliphatic rings. The molecule has 3 nitrogen and oxygen atoms in total. The molecule has 3 rings (SSSR count). The smallest absolute Gasteiger partial charge is 0.338 e. The van der Waals surface area contributed by atoms with E-state index in [4.69, 9.17) is 17.3 Å². The van der Waals surface area contributed by atoms with E-state index in [0.717, 1.165) is 21.9 Å². The molecular formula is C19H21BO3. The highest BCUT2D eigenvalue weighted by molar-refractivity contribution is 6.17. The molecule has 0 saturated heterocycles. The van der Waals surface area contributed by atoms with E-state index in [1.807, 2.05) is 51.1 Å². The number of methoxy groups -OCH3 is 1. The Morgan fingerprint density at radius 1 is 1.22 bits per heavy atom. The Hall–Kier alpha value is -2.23. The first-order chi connectivity index (χ1) is 10.9. The maximum Gasteiger partial charge on any atom is 0.338 e. The number of aryl methyl sites for hydroxylation is 1. The van der Waals surface area contributed by atoms with Crippen LogP contribution in [0.2, 0.25) is 0 Å². The van der Waals surface area contributed by atoms with Crippen LogP contribution in [0.25, 0.3) is 16.8 Å². The van der Waals surface area contributed by atoms with Crippen LogP contribution in [0.3, 0.4) is 0 Å². The van der Waals surface area contributed by atoms with Gasteiger partial charge in [-0.2, -0.15) is 0 Å². The number of esters is 1. The van der Waals surface area contributed by atoms with Crippen LogP contribution in [0.15, 0.2) is 30.3 Å². The highest BCUT2D eigenvalue weighted by Crippen LogP contribution is 2.41. The van der Waals surface area contributed by atoms with Gasteiger partial charge in [-0.05, 0) is 24.8 Å². The summed E-state index contributed by atoms with van der Waals surface area (Å²) in [6.07, 6.45) is 3.58. The van der Waals surface area contributed by atoms with Crippen LogP contribution in [0.5, 0.6) is 5.75 Å². The van der Waals surface area contributed by atoms with Gasteiger partial charge in [-0.1, -0.05) is 50.3 Å². The fourth-order valence-corrected chi connectivity index (χ4v) is 2.74. The average molecular weight is 308 g/mol. The number of carbonyl (C=O) groups is 1. The van der Waals surface area contributed by atoms with Gasteiger partial charge in [-0.25, -0.2) is 4.79 Å². The first-order valence-corrected chi connectivity index (χ1v) is 7.75. The molecule has 0 amide bonds. The van der Waals surface area contributed by atoms with Crippen molar-refractivity contribution in [3.63, 3.8) is 0 Å². The zero-order chi connectivity index (χ0) is 17.2. The molecule has 4 heteroatoms. The van der Waals surface area contributed by atoms with Gasteiger partial charge in [-0.15, -0.1) is 0 Å².